The zero-order chi connectivity index (χ0) is 11.8. The molecule has 1 aromatic carbocycles. The molecule has 0 amide bonds. The van der Waals surface area contributed by atoms with Gasteiger partial charge in [-0.1, -0.05) is 12.1 Å². The fourth-order valence-electron chi connectivity index (χ4n) is 2.14. The van der Waals surface area contributed by atoms with Crippen LogP contribution in [0.25, 0.3) is 0 Å². The Morgan fingerprint density at radius 3 is 2.62 bits per heavy atom. The predicted molar refractivity (Wildman–Crippen MR) is 57.7 cm³/mol. The van der Waals surface area contributed by atoms with Gasteiger partial charge in [-0.25, -0.2) is 8.78 Å². The number of alkyl halides is 2. The van der Waals surface area contributed by atoms with E-state index in [0.717, 1.165) is 5.56 Å². The van der Waals surface area contributed by atoms with E-state index in [0.29, 0.717) is 12.4 Å². The van der Waals surface area contributed by atoms with E-state index in [1.54, 1.807) is 24.3 Å². The summed E-state index contributed by atoms with van der Waals surface area (Å²) in [5, 5.41) is 0. The van der Waals surface area contributed by atoms with Crippen LogP contribution < -0.4 is 10.5 Å². The highest BCUT2D eigenvalue weighted by atomic mass is 19.3. The lowest BCUT2D eigenvalue weighted by molar-refractivity contribution is -0.125. The number of hydrogen-bond donors (Lipinski definition) is 1. The van der Waals surface area contributed by atoms with Crippen molar-refractivity contribution in [3.63, 3.8) is 0 Å². The first-order chi connectivity index (χ1) is 7.45. The van der Waals surface area contributed by atoms with Gasteiger partial charge in [0.1, 0.15) is 5.75 Å². The van der Waals surface area contributed by atoms with Gasteiger partial charge >= 0.3 is 0 Å². The lowest BCUT2D eigenvalue weighted by Gasteiger charge is -2.44. The molecular weight excluding hydrogens is 212 g/mol. The van der Waals surface area contributed by atoms with Crippen molar-refractivity contribution in [1.29, 1.82) is 0 Å². The van der Waals surface area contributed by atoms with E-state index in [4.69, 9.17) is 10.5 Å². The highest BCUT2D eigenvalue weighted by molar-refractivity contribution is 5.35. The molecule has 2 nitrogen and oxygen atoms in total. The van der Waals surface area contributed by atoms with Crippen molar-refractivity contribution in [2.75, 3.05) is 6.61 Å². The smallest absolute Gasteiger partial charge is 0.252 e. The Balaban J connectivity index is 2.18. The van der Waals surface area contributed by atoms with Crippen molar-refractivity contribution in [3.05, 3.63) is 29.8 Å². The highest BCUT2D eigenvalue weighted by Gasteiger charge is 2.55. The molecule has 1 aromatic rings. The third-order valence-electron chi connectivity index (χ3n) is 2.87. The largest absolute Gasteiger partial charge is 0.494 e. The van der Waals surface area contributed by atoms with Crippen molar-refractivity contribution >= 4 is 0 Å². The molecule has 2 rings (SSSR count). The second kappa shape index (κ2) is 3.70. The number of halogens is 2. The van der Waals surface area contributed by atoms with Crippen LogP contribution in [0.3, 0.4) is 0 Å². The summed E-state index contributed by atoms with van der Waals surface area (Å²) in [4.78, 5) is 0. The average molecular weight is 227 g/mol. The van der Waals surface area contributed by atoms with Crippen molar-refractivity contribution in [3.8, 4) is 5.75 Å². The Morgan fingerprint density at radius 2 is 2.06 bits per heavy atom. The Kier molecular flexibility index (Phi) is 2.62. The molecule has 2 N–H and O–H groups in total. The maximum absolute atomic E-state index is 12.9. The second-order valence-corrected chi connectivity index (χ2v) is 4.33. The number of hydrogen-bond acceptors (Lipinski definition) is 2. The molecular formula is C12H15F2NO. The maximum atomic E-state index is 12.9. The van der Waals surface area contributed by atoms with Crippen molar-refractivity contribution < 1.29 is 13.5 Å². The van der Waals surface area contributed by atoms with E-state index in [1.165, 1.54) is 0 Å². The molecule has 0 heterocycles. The fourth-order valence-corrected chi connectivity index (χ4v) is 2.14. The van der Waals surface area contributed by atoms with E-state index in [9.17, 15) is 8.78 Å². The summed E-state index contributed by atoms with van der Waals surface area (Å²) in [6, 6.07) is 7.11. The van der Waals surface area contributed by atoms with Crippen LogP contribution in [0.5, 0.6) is 5.75 Å². The van der Waals surface area contributed by atoms with E-state index in [-0.39, 0.29) is 12.8 Å². The SMILES string of the molecule is CCOc1cccc(C2(N)CC(F)(F)C2)c1. The first kappa shape index (κ1) is 11.3. The molecule has 16 heavy (non-hydrogen) atoms. The normalized spacial score (nSPS) is 21.2. The Hall–Kier alpha value is -1.16. The molecule has 0 atom stereocenters. The zero-order valence-electron chi connectivity index (χ0n) is 9.17. The Labute approximate surface area is 93.4 Å². The van der Waals surface area contributed by atoms with Crippen LogP contribution in [0, 0.1) is 0 Å². The summed E-state index contributed by atoms with van der Waals surface area (Å²) < 4.78 is 31.0. The summed E-state index contributed by atoms with van der Waals surface area (Å²) in [7, 11) is 0. The topological polar surface area (TPSA) is 35.2 Å². The first-order valence-corrected chi connectivity index (χ1v) is 5.35. The number of ether oxygens (including phenoxy) is 1. The Bertz CT molecular complexity index is 384. The summed E-state index contributed by atoms with van der Waals surface area (Å²) >= 11 is 0. The lowest BCUT2D eigenvalue weighted by Crippen LogP contribution is -2.55. The van der Waals surface area contributed by atoms with E-state index >= 15 is 0 Å². The quantitative estimate of drug-likeness (QED) is 0.861. The molecule has 1 aliphatic carbocycles. The summed E-state index contributed by atoms with van der Waals surface area (Å²) in [6.07, 6.45) is -0.564. The molecule has 1 fully saturated rings. The van der Waals surface area contributed by atoms with Crippen LogP contribution in [0.15, 0.2) is 24.3 Å². The zero-order valence-corrected chi connectivity index (χ0v) is 9.17. The molecule has 0 aromatic heterocycles. The van der Waals surface area contributed by atoms with Gasteiger partial charge in [0.2, 0.25) is 0 Å². The third-order valence-corrected chi connectivity index (χ3v) is 2.87. The maximum Gasteiger partial charge on any atom is 0.252 e. The van der Waals surface area contributed by atoms with Gasteiger partial charge in [-0.3, -0.25) is 0 Å². The van der Waals surface area contributed by atoms with Gasteiger partial charge in [0.05, 0.1) is 12.1 Å². The molecule has 0 spiro atoms. The van der Waals surface area contributed by atoms with E-state index in [1.807, 2.05) is 6.92 Å². The molecule has 0 aliphatic heterocycles. The first-order valence-electron chi connectivity index (χ1n) is 5.35. The van der Waals surface area contributed by atoms with Crippen molar-refractivity contribution in [1.82, 2.24) is 0 Å². The summed E-state index contributed by atoms with van der Waals surface area (Å²) in [6.45, 7) is 2.43. The number of benzene rings is 1. The van der Waals surface area contributed by atoms with Crippen LogP contribution in [0.2, 0.25) is 0 Å². The molecule has 0 bridgehead atoms. The van der Waals surface area contributed by atoms with Crippen LogP contribution in [-0.4, -0.2) is 12.5 Å². The molecule has 4 heteroatoms. The van der Waals surface area contributed by atoms with Crippen LogP contribution in [-0.2, 0) is 5.54 Å². The molecule has 1 saturated carbocycles. The minimum atomic E-state index is -2.61. The molecule has 0 unspecified atom stereocenters. The third kappa shape index (κ3) is 2.02. The average Bonchev–Trinajstić information content (AvgIpc) is 2.15. The standard InChI is InChI=1S/C12H15F2NO/c1-2-16-10-5-3-4-9(6-10)11(15)7-12(13,14)8-11/h3-6H,2,7-8,15H2,1H3. The van der Waals surface area contributed by atoms with E-state index in [2.05, 4.69) is 0 Å². The predicted octanol–water partition coefficient (Wildman–Crippen LogP) is 2.67. The van der Waals surface area contributed by atoms with Crippen molar-refractivity contribution in [2.45, 2.75) is 31.2 Å². The number of nitrogens with two attached hydrogens (primary N) is 1. The van der Waals surface area contributed by atoms with Gasteiger partial charge < -0.3 is 10.5 Å². The fraction of sp³-hybridized carbons (Fsp3) is 0.500. The highest BCUT2D eigenvalue weighted by Crippen LogP contribution is 2.50. The minimum absolute atomic E-state index is 0.282. The van der Waals surface area contributed by atoms with Crippen LogP contribution in [0.1, 0.15) is 25.3 Å². The lowest BCUT2D eigenvalue weighted by atomic mass is 9.70. The van der Waals surface area contributed by atoms with Gasteiger partial charge in [0.15, 0.2) is 0 Å². The molecule has 0 radical (unpaired) electrons. The van der Waals surface area contributed by atoms with Gasteiger partial charge in [0, 0.05) is 12.8 Å². The summed E-state index contributed by atoms with van der Waals surface area (Å²) in [5.41, 5.74) is 5.76. The van der Waals surface area contributed by atoms with Gasteiger partial charge in [-0.05, 0) is 24.6 Å². The van der Waals surface area contributed by atoms with Gasteiger partial charge in [-0.2, -0.15) is 0 Å². The van der Waals surface area contributed by atoms with Gasteiger partial charge in [0.25, 0.3) is 5.92 Å². The molecule has 1 aliphatic rings. The monoisotopic (exact) mass is 227 g/mol. The Morgan fingerprint density at radius 1 is 1.38 bits per heavy atom. The second-order valence-electron chi connectivity index (χ2n) is 4.33. The van der Waals surface area contributed by atoms with E-state index < -0.39 is 11.5 Å². The summed E-state index contributed by atoms with van der Waals surface area (Å²) in [5.74, 6) is -1.93. The van der Waals surface area contributed by atoms with Crippen LogP contribution in [0.4, 0.5) is 8.78 Å². The van der Waals surface area contributed by atoms with Crippen molar-refractivity contribution in [2.24, 2.45) is 5.73 Å². The molecule has 0 saturated heterocycles. The minimum Gasteiger partial charge on any atom is -0.494 e. The van der Waals surface area contributed by atoms with Gasteiger partial charge in [-0.15, -0.1) is 0 Å². The van der Waals surface area contributed by atoms with Crippen LogP contribution >= 0.6 is 0 Å². The number of rotatable bonds is 3. The molecule has 88 valence electrons.